The maximum Gasteiger partial charge on any atom is 0.357 e. The molecule has 3 N–H and O–H groups in total. The number of carboxylic acid groups (broad SMARTS) is 1. The van der Waals surface area contributed by atoms with Crippen molar-refractivity contribution in [3.63, 3.8) is 0 Å². The van der Waals surface area contributed by atoms with Crippen LogP contribution in [0.25, 0.3) is 0 Å². The average molecular weight is 186 g/mol. The molecule has 1 rings (SSSR count). The summed E-state index contributed by atoms with van der Waals surface area (Å²) in [4.78, 5) is 14.0. The second-order valence-corrected chi connectivity index (χ2v) is 2.35. The highest BCUT2D eigenvalue weighted by molar-refractivity contribution is 5.85. The lowest BCUT2D eigenvalue weighted by atomic mass is 10.4. The Morgan fingerprint density at radius 2 is 2.46 bits per heavy atom. The van der Waals surface area contributed by atoms with E-state index in [4.69, 9.17) is 14.6 Å². The Hall–Kier alpha value is -1.56. The Bertz CT molecular complexity index is 284. The van der Waals surface area contributed by atoms with Gasteiger partial charge in [0.25, 0.3) is 6.01 Å². The van der Waals surface area contributed by atoms with Gasteiger partial charge in [0.1, 0.15) is 6.26 Å². The number of hydrogen-bond acceptors (Lipinski definition) is 5. The summed E-state index contributed by atoms with van der Waals surface area (Å²) >= 11 is 0. The summed E-state index contributed by atoms with van der Waals surface area (Å²) in [7, 11) is 0. The number of aliphatic hydroxyl groups excluding tert-OH is 1. The molecule has 0 amide bonds. The third-order valence-corrected chi connectivity index (χ3v) is 1.33. The molecule has 0 spiro atoms. The Kier molecular flexibility index (Phi) is 3.27. The van der Waals surface area contributed by atoms with Gasteiger partial charge < -0.3 is 19.9 Å². The first kappa shape index (κ1) is 9.53. The number of oxazole rings is 1. The number of rotatable bonds is 5. The highest BCUT2D eigenvalue weighted by Crippen LogP contribution is 2.06. The van der Waals surface area contributed by atoms with E-state index < -0.39 is 5.97 Å². The van der Waals surface area contributed by atoms with Gasteiger partial charge in [0.05, 0.1) is 0 Å². The van der Waals surface area contributed by atoms with Crippen LogP contribution in [-0.2, 0) is 0 Å². The Balaban J connectivity index is 2.44. The molecule has 0 aliphatic carbocycles. The van der Waals surface area contributed by atoms with Crippen LogP contribution in [0.5, 0.6) is 0 Å². The minimum absolute atomic E-state index is 0.0689. The fourth-order valence-corrected chi connectivity index (χ4v) is 0.728. The molecule has 0 saturated heterocycles. The quantitative estimate of drug-likeness (QED) is 0.567. The molecule has 0 unspecified atom stereocenters. The normalized spacial score (nSPS) is 9.92. The molecule has 6 nitrogen and oxygen atoms in total. The van der Waals surface area contributed by atoms with E-state index in [9.17, 15) is 4.79 Å². The van der Waals surface area contributed by atoms with Crippen LogP contribution in [0.3, 0.4) is 0 Å². The summed E-state index contributed by atoms with van der Waals surface area (Å²) in [6.07, 6.45) is 1.62. The molecule has 0 aliphatic heterocycles. The predicted octanol–water partition coefficient (Wildman–Crippen LogP) is 0.167. The third kappa shape index (κ3) is 2.75. The SMILES string of the molecule is O=C(O)c1coc(NCCCO)n1. The van der Waals surface area contributed by atoms with Crippen LogP contribution < -0.4 is 5.32 Å². The fraction of sp³-hybridized carbons (Fsp3) is 0.429. The average Bonchev–Trinajstić information content (AvgIpc) is 2.53. The van der Waals surface area contributed by atoms with Gasteiger partial charge in [-0.3, -0.25) is 0 Å². The summed E-state index contributed by atoms with van der Waals surface area (Å²) in [5.41, 5.74) is -0.133. The molecule has 0 aromatic carbocycles. The minimum atomic E-state index is -1.13. The van der Waals surface area contributed by atoms with Crippen LogP contribution in [-0.4, -0.2) is 34.3 Å². The van der Waals surface area contributed by atoms with Crippen molar-refractivity contribution in [2.24, 2.45) is 0 Å². The molecular weight excluding hydrogens is 176 g/mol. The van der Waals surface area contributed by atoms with Crippen LogP contribution in [0.2, 0.25) is 0 Å². The second-order valence-electron chi connectivity index (χ2n) is 2.35. The molecular formula is C7H10N2O4. The molecule has 13 heavy (non-hydrogen) atoms. The van der Waals surface area contributed by atoms with Crippen molar-refractivity contribution in [3.05, 3.63) is 12.0 Å². The zero-order chi connectivity index (χ0) is 9.68. The molecule has 0 fully saturated rings. The van der Waals surface area contributed by atoms with Gasteiger partial charge in [0, 0.05) is 13.2 Å². The fourth-order valence-electron chi connectivity index (χ4n) is 0.728. The van der Waals surface area contributed by atoms with E-state index in [1.54, 1.807) is 0 Å². The lowest BCUT2D eigenvalue weighted by molar-refractivity contribution is 0.0690. The van der Waals surface area contributed by atoms with Crippen LogP contribution in [0.4, 0.5) is 6.01 Å². The Morgan fingerprint density at radius 3 is 3.00 bits per heavy atom. The van der Waals surface area contributed by atoms with Gasteiger partial charge in [-0.05, 0) is 6.42 Å². The van der Waals surface area contributed by atoms with Gasteiger partial charge in [0.2, 0.25) is 0 Å². The molecule has 6 heteroatoms. The van der Waals surface area contributed by atoms with Gasteiger partial charge >= 0.3 is 5.97 Å². The van der Waals surface area contributed by atoms with Gasteiger partial charge in [0.15, 0.2) is 5.69 Å². The maximum atomic E-state index is 10.4. The first-order chi connectivity index (χ1) is 6.24. The van der Waals surface area contributed by atoms with E-state index in [-0.39, 0.29) is 18.3 Å². The molecule has 1 heterocycles. The smallest absolute Gasteiger partial charge is 0.357 e. The second kappa shape index (κ2) is 4.46. The van der Waals surface area contributed by atoms with Crippen molar-refractivity contribution < 1.29 is 19.4 Å². The molecule has 72 valence electrons. The van der Waals surface area contributed by atoms with Crippen LogP contribution in [0.1, 0.15) is 16.9 Å². The van der Waals surface area contributed by atoms with Gasteiger partial charge in [-0.2, -0.15) is 4.98 Å². The largest absolute Gasteiger partial charge is 0.476 e. The molecule has 0 aliphatic rings. The zero-order valence-electron chi connectivity index (χ0n) is 6.86. The molecule has 0 radical (unpaired) electrons. The van der Waals surface area contributed by atoms with Crippen LogP contribution >= 0.6 is 0 Å². The van der Waals surface area contributed by atoms with Crippen molar-refractivity contribution in [1.82, 2.24) is 4.98 Å². The van der Waals surface area contributed by atoms with Crippen molar-refractivity contribution in [1.29, 1.82) is 0 Å². The topological polar surface area (TPSA) is 95.6 Å². The van der Waals surface area contributed by atoms with Crippen LogP contribution in [0.15, 0.2) is 10.7 Å². The number of hydrogen-bond donors (Lipinski definition) is 3. The lowest BCUT2D eigenvalue weighted by Gasteiger charge is -1.96. The number of aliphatic hydroxyl groups is 1. The molecule has 0 atom stereocenters. The number of carboxylic acids is 1. The Labute approximate surface area is 74.2 Å². The van der Waals surface area contributed by atoms with Gasteiger partial charge in [-0.1, -0.05) is 0 Å². The lowest BCUT2D eigenvalue weighted by Crippen LogP contribution is -2.04. The Morgan fingerprint density at radius 1 is 1.69 bits per heavy atom. The number of aromatic nitrogens is 1. The van der Waals surface area contributed by atoms with E-state index in [0.29, 0.717) is 13.0 Å². The number of aromatic carboxylic acids is 1. The van der Waals surface area contributed by atoms with E-state index in [2.05, 4.69) is 10.3 Å². The van der Waals surface area contributed by atoms with E-state index in [1.807, 2.05) is 0 Å². The highest BCUT2D eigenvalue weighted by Gasteiger charge is 2.08. The van der Waals surface area contributed by atoms with Crippen molar-refractivity contribution in [2.75, 3.05) is 18.5 Å². The minimum Gasteiger partial charge on any atom is -0.476 e. The molecule has 1 aromatic rings. The van der Waals surface area contributed by atoms with E-state index >= 15 is 0 Å². The summed E-state index contributed by atoms with van der Waals surface area (Å²) in [5, 5.41) is 19.7. The standard InChI is InChI=1S/C7H10N2O4/c10-3-1-2-8-7-9-5(4-13-7)6(11)12/h4,10H,1-3H2,(H,8,9)(H,11,12). The monoisotopic (exact) mass is 186 g/mol. The van der Waals surface area contributed by atoms with Gasteiger partial charge in [-0.15, -0.1) is 0 Å². The third-order valence-electron chi connectivity index (χ3n) is 1.33. The summed E-state index contributed by atoms with van der Waals surface area (Å²) in [6.45, 7) is 0.565. The molecule has 0 saturated carbocycles. The highest BCUT2D eigenvalue weighted by atomic mass is 16.4. The summed E-state index contributed by atoms with van der Waals surface area (Å²) in [5.74, 6) is -1.13. The molecule has 0 bridgehead atoms. The van der Waals surface area contributed by atoms with Crippen LogP contribution in [0, 0.1) is 0 Å². The predicted molar refractivity (Wildman–Crippen MR) is 43.7 cm³/mol. The summed E-state index contributed by atoms with van der Waals surface area (Å²) < 4.78 is 4.79. The van der Waals surface area contributed by atoms with Crippen molar-refractivity contribution in [3.8, 4) is 0 Å². The first-order valence-electron chi connectivity index (χ1n) is 3.77. The molecule has 1 aromatic heterocycles. The maximum absolute atomic E-state index is 10.4. The van der Waals surface area contributed by atoms with E-state index in [0.717, 1.165) is 6.26 Å². The number of nitrogens with zero attached hydrogens (tertiary/aromatic N) is 1. The van der Waals surface area contributed by atoms with Gasteiger partial charge in [-0.25, -0.2) is 4.79 Å². The number of nitrogens with one attached hydrogen (secondary N) is 1. The number of anilines is 1. The van der Waals surface area contributed by atoms with Crippen molar-refractivity contribution in [2.45, 2.75) is 6.42 Å². The number of carbonyl (C=O) groups is 1. The zero-order valence-corrected chi connectivity index (χ0v) is 6.86. The summed E-state index contributed by atoms with van der Waals surface area (Å²) in [6, 6.07) is 0.158. The van der Waals surface area contributed by atoms with Crippen molar-refractivity contribution >= 4 is 12.0 Å². The van der Waals surface area contributed by atoms with E-state index in [1.165, 1.54) is 0 Å². The first-order valence-corrected chi connectivity index (χ1v) is 3.77.